The normalized spacial score (nSPS) is 12.1. The number of rotatable bonds is 1. The van der Waals surface area contributed by atoms with Crippen LogP contribution >= 0.6 is 0 Å². The van der Waals surface area contributed by atoms with E-state index in [-0.39, 0.29) is 0 Å². The molecule has 0 heteroatoms. The maximum atomic E-state index is 2.35. The van der Waals surface area contributed by atoms with Gasteiger partial charge in [-0.3, -0.25) is 0 Å². The number of fused-ring (bicyclic) bond motifs is 3. The minimum Gasteiger partial charge on any atom is -0.0622 e. The molecule has 0 fully saturated rings. The van der Waals surface area contributed by atoms with Crippen LogP contribution in [0.3, 0.4) is 0 Å². The lowest BCUT2D eigenvalue weighted by molar-refractivity contribution is 1.22. The van der Waals surface area contributed by atoms with Crippen LogP contribution in [-0.2, 0) is 6.42 Å². The second-order valence-corrected chi connectivity index (χ2v) is 5.52. The van der Waals surface area contributed by atoms with Crippen molar-refractivity contribution in [3.63, 3.8) is 0 Å². The van der Waals surface area contributed by atoms with Gasteiger partial charge >= 0.3 is 0 Å². The van der Waals surface area contributed by atoms with Crippen molar-refractivity contribution in [1.29, 1.82) is 0 Å². The molecule has 0 radical (unpaired) electrons. The minimum atomic E-state index is 1.08. The van der Waals surface area contributed by atoms with Crippen molar-refractivity contribution < 1.29 is 0 Å². The number of hydrogen-bond donors (Lipinski definition) is 0. The Morgan fingerprint density at radius 3 is 2.30 bits per heavy atom. The van der Waals surface area contributed by atoms with Gasteiger partial charge in [0.05, 0.1) is 0 Å². The van der Waals surface area contributed by atoms with Crippen molar-refractivity contribution in [2.75, 3.05) is 0 Å². The van der Waals surface area contributed by atoms with E-state index in [1.54, 1.807) is 0 Å². The zero-order valence-corrected chi connectivity index (χ0v) is 11.6. The van der Waals surface area contributed by atoms with E-state index in [0.29, 0.717) is 0 Å². The van der Waals surface area contributed by atoms with Crippen molar-refractivity contribution in [2.24, 2.45) is 0 Å². The van der Waals surface area contributed by atoms with Crippen LogP contribution in [0.2, 0.25) is 0 Å². The summed E-state index contributed by atoms with van der Waals surface area (Å²) in [5.41, 5.74) is 9.78. The van der Waals surface area contributed by atoms with Gasteiger partial charge in [-0.05, 0) is 58.4 Å². The first-order chi connectivity index (χ1) is 9.83. The van der Waals surface area contributed by atoms with E-state index in [4.69, 9.17) is 0 Å². The SMILES string of the molecule is Cc1cc(-c2ccccc2)cc2c1Cc1ccccc1-2. The van der Waals surface area contributed by atoms with Crippen LogP contribution in [0.4, 0.5) is 0 Å². The molecule has 0 amide bonds. The Morgan fingerprint density at radius 2 is 1.45 bits per heavy atom. The maximum Gasteiger partial charge on any atom is -0.00108 e. The van der Waals surface area contributed by atoms with Gasteiger partial charge in [0.15, 0.2) is 0 Å². The van der Waals surface area contributed by atoms with Crippen LogP contribution in [0.5, 0.6) is 0 Å². The summed E-state index contributed by atoms with van der Waals surface area (Å²) >= 11 is 0. The standard InChI is InChI=1S/C20H16/c1-14-11-17(15-7-3-2-4-8-15)13-20-18-10-6-5-9-16(18)12-19(14)20/h2-11,13H,12H2,1H3. The van der Waals surface area contributed by atoms with Gasteiger partial charge < -0.3 is 0 Å². The maximum absolute atomic E-state index is 2.35. The third-order valence-corrected chi connectivity index (χ3v) is 4.25. The first-order valence-electron chi connectivity index (χ1n) is 7.10. The highest BCUT2D eigenvalue weighted by molar-refractivity contribution is 5.82. The van der Waals surface area contributed by atoms with Crippen LogP contribution in [-0.4, -0.2) is 0 Å². The summed E-state index contributed by atoms with van der Waals surface area (Å²) < 4.78 is 0. The summed E-state index contributed by atoms with van der Waals surface area (Å²) in [4.78, 5) is 0. The van der Waals surface area contributed by atoms with Gasteiger partial charge in [-0.25, -0.2) is 0 Å². The van der Waals surface area contributed by atoms with E-state index < -0.39 is 0 Å². The van der Waals surface area contributed by atoms with Gasteiger partial charge in [0.2, 0.25) is 0 Å². The second kappa shape index (κ2) is 4.35. The zero-order valence-electron chi connectivity index (χ0n) is 11.6. The summed E-state index contributed by atoms with van der Waals surface area (Å²) in [5.74, 6) is 0. The Balaban J connectivity index is 1.94. The molecule has 0 saturated heterocycles. The first kappa shape index (κ1) is 11.5. The Kier molecular flexibility index (Phi) is 2.50. The van der Waals surface area contributed by atoms with E-state index in [1.807, 2.05) is 0 Å². The molecule has 20 heavy (non-hydrogen) atoms. The highest BCUT2D eigenvalue weighted by atomic mass is 14.2. The lowest BCUT2D eigenvalue weighted by atomic mass is 9.95. The van der Waals surface area contributed by atoms with E-state index in [1.165, 1.54) is 38.9 Å². The van der Waals surface area contributed by atoms with Gasteiger partial charge in [-0.1, -0.05) is 60.7 Å². The van der Waals surface area contributed by atoms with Crippen LogP contribution in [0, 0.1) is 6.92 Å². The third-order valence-electron chi connectivity index (χ3n) is 4.25. The molecule has 3 aromatic rings. The van der Waals surface area contributed by atoms with Gasteiger partial charge in [0.25, 0.3) is 0 Å². The van der Waals surface area contributed by atoms with Gasteiger partial charge in [0, 0.05) is 0 Å². The molecule has 0 saturated carbocycles. The Hall–Kier alpha value is -2.34. The predicted octanol–water partition coefficient (Wildman–Crippen LogP) is 5.23. The lowest BCUT2D eigenvalue weighted by Crippen LogP contribution is -1.88. The number of aryl methyl sites for hydroxylation is 1. The Labute approximate surface area is 119 Å². The molecule has 1 aliphatic rings. The fraction of sp³-hybridized carbons (Fsp3) is 0.100. The van der Waals surface area contributed by atoms with Crippen molar-refractivity contribution in [3.05, 3.63) is 83.4 Å². The molecule has 1 aliphatic carbocycles. The smallest absolute Gasteiger partial charge is 0.00108 e. The molecule has 0 aliphatic heterocycles. The summed E-state index contributed by atoms with van der Waals surface area (Å²) in [6.45, 7) is 2.23. The number of hydrogen-bond acceptors (Lipinski definition) is 0. The van der Waals surface area contributed by atoms with Crippen molar-refractivity contribution in [3.8, 4) is 22.3 Å². The Bertz CT molecular complexity index is 782. The monoisotopic (exact) mass is 256 g/mol. The van der Waals surface area contributed by atoms with Crippen molar-refractivity contribution >= 4 is 0 Å². The average Bonchev–Trinajstić information content (AvgIpc) is 2.88. The fourth-order valence-corrected chi connectivity index (χ4v) is 3.22. The summed E-state index contributed by atoms with van der Waals surface area (Å²) in [5, 5.41) is 0. The van der Waals surface area contributed by atoms with Crippen LogP contribution in [0.1, 0.15) is 16.7 Å². The molecule has 0 heterocycles. The molecule has 0 nitrogen and oxygen atoms in total. The molecule has 0 spiro atoms. The third kappa shape index (κ3) is 1.69. The van der Waals surface area contributed by atoms with Gasteiger partial charge in [-0.2, -0.15) is 0 Å². The average molecular weight is 256 g/mol. The molecular formula is C20H16. The van der Waals surface area contributed by atoms with Crippen LogP contribution < -0.4 is 0 Å². The van der Waals surface area contributed by atoms with Gasteiger partial charge in [-0.15, -0.1) is 0 Å². The summed E-state index contributed by atoms with van der Waals surface area (Å²) in [7, 11) is 0. The zero-order chi connectivity index (χ0) is 13.5. The fourth-order valence-electron chi connectivity index (χ4n) is 3.22. The topological polar surface area (TPSA) is 0 Å². The second-order valence-electron chi connectivity index (χ2n) is 5.52. The van der Waals surface area contributed by atoms with Crippen LogP contribution in [0.15, 0.2) is 66.7 Å². The largest absolute Gasteiger partial charge is 0.0622 e. The molecule has 0 bridgehead atoms. The lowest BCUT2D eigenvalue weighted by Gasteiger charge is -2.09. The van der Waals surface area contributed by atoms with E-state index >= 15 is 0 Å². The van der Waals surface area contributed by atoms with Crippen LogP contribution in [0.25, 0.3) is 22.3 Å². The summed E-state index contributed by atoms with van der Waals surface area (Å²) in [6, 6.07) is 24.1. The molecule has 3 aromatic carbocycles. The first-order valence-corrected chi connectivity index (χ1v) is 7.10. The van der Waals surface area contributed by atoms with Crippen molar-refractivity contribution in [2.45, 2.75) is 13.3 Å². The molecule has 0 unspecified atom stereocenters. The molecule has 96 valence electrons. The molecule has 0 atom stereocenters. The molecule has 0 aromatic heterocycles. The molecule has 0 N–H and O–H groups in total. The minimum absolute atomic E-state index is 1.08. The van der Waals surface area contributed by atoms with E-state index in [9.17, 15) is 0 Å². The quantitative estimate of drug-likeness (QED) is 0.437. The number of benzene rings is 3. The highest BCUT2D eigenvalue weighted by Gasteiger charge is 2.20. The van der Waals surface area contributed by atoms with E-state index in [0.717, 1.165) is 6.42 Å². The highest BCUT2D eigenvalue weighted by Crippen LogP contribution is 2.40. The Morgan fingerprint density at radius 1 is 0.700 bits per heavy atom. The molecular weight excluding hydrogens is 240 g/mol. The predicted molar refractivity (Wildman–Crippen MR) is 84.9 cm³/mol. The van der Waals surface area contributed by atoms with E-state index in [2.05, 4.69) is 73.7 Å². The summed E-state index contributed by atoms with van der Waals surface area (Å²) in [6.07, 6.45) is 1.08. The van der Waals surface area contributed by atoms with Gasteiger partial charge in [0.1, 0.15) is 0 Å². The molecule has 4 rings (SSSR count). The van der Waals surface area contributed by atoms with Crippen molar-refractivity contribution in [1.82, 2.24) is 0 Å².